The first kappa shape index (κ1) is 42.5. The number of aliphatic hydroxyl groups is 1. The smallest absolute Gasteiger partial charge is 0.384 e. The van der Waals surface area contributed by atoms with Crippen LogP contribution in [-0.4, -0.2) is 85.6 Å². The number of hydrogen-bond acceptors (Lipinski definition) is 6. The Morgan fingerprint density at radius 1 is 0.689 bits per heavy atom. The van der Waals surface area contributed by atoms with Gasteiger partial charge in [0.15, 0.2) is 0 Å². The molecule has 0 fully saturated rings. The van der Waals surface area contributed by atoms with Crippen LogP contribution in [0.25, 0.3) is 0 Å². The maximum Gasteiger partial charge on any atom is 0.384 e. The highest BCUT2D eigenvalue weighted by Crippen LogP contribution is 2.60. The molecule has 0 saturated heterocycles. The maximum atomic E-state index is 14.3. The van der Waals surface area contributed by atoms with E-state index in [0.717, 1.165) is 0 Å². The van der Waals surface area contributed by atoms with E-state index in [1.807, 2.05) is 0 Å². The first-order valence-corrected chi connectivity index (χ1v) is 13.5. The molecule has 1 N–H and O–H groups in total. The van der Waals surface area contributed by atoms with Crippen LogP contribution in [0.2, 0.25) is 0 Å². The Balaban J connectivity index is 5.83. The molecule has 1 unspecified atom stereocenters. The third kappa shape index (κ3) is 10.5. The van der Waals surface area contributed by atoms with E-state index in [4.69, 9.17) is 9.84 Å². The number of aliphatic hydroxyl groups excluding tert-OH is 1. The van der Waals surface area contributed by atoms with E-state index in [9.17, 15) is 62.3 Å². The lowest BCUT2D eigenvalue weighted by Gasteiger charge is -2.41. The lowest BCUT2D eigenvalue weighted by Crippen LogP contribution is -2.71. The van der Waals surface area contributed by atoms with Crippen molar-refractivity contribution in [1.82, 2.24) is 0 Å². The van der Waals surface area contributed by atoms with Gasteiger partial charge in [-0.05, 0) is 13.3 Å². The predicted molar refractivity (Wildman–Crippen MR) is 135 cm³/mol. The van der Waals surface area contributed by atoms with E-state index in [1.54, 1.807) is 6.92 Å². The topological polar surface area (TPSA) is 82.1 Å². The van der Waals surface area contributed by atoms with Crippen LogP contribution in [0.1, 0.15) is 58.8 Å². The van der Waals surface area contributed by atoms with Crippen LogP contribution in [0.3, 0.4) is 0 Å². The van der Waals surface area contributed by atoms with Gasteiger partial charge in [-0.15, -0.1) is 0 Å². The SMILES string of the molecule is C=C(C)C(=O)OCC(COCC(F)(F)C(F)(F)C(F)(F)C(F)(F)C(F)(F)C(F)(F)CCCCCCC)COC(=O)C(=C)CCO. The number of halogens is 12. The number of unbranched alkanes of at least 4 members (excludes halogenated alkanes) is 4. The van der Waals surface area contributed by atoms with Crippen molar-refractivity contribution in [1.29, 1.82) is 0 Å². The van der Waals surface area contributed by atoms with Gasteiger partial charge in [-0.2, -0.15) is 52.7 Å². The van der Waals surface area contributed by atoms with Gasteiger partial charge in [0.1, 0.15) is 6.61 Å². The molecule has 0 aliphatic heterocycles. The molecule has 0 aromatic heterocycles. The minimum absolute atomic E-state index is 0.184. The second-order valence-corrected chi connectivity index (χ2v) is 10.3. The van der Waals surface area contributed by atoms with Crippen molar-refractivity contribution in [2.24, 2.45) is 5.92 Å². The van der Waals surface area contributed by atoms with Crippen molar-refractivity contribution in [2.75, 3.05) is 33.0 Å². The Morgan fingerprint density at radius 3 is 1.62 bits per heavy atom. The van der Waals surface area contributed by atoms with Gasteiger partial charge in [0.05, 0.1) is 25.7 Å². The Morgan fingerprint density at radius 2 is 1.16 bits per heavy atom. The highest BCUT2D eigenvalue weighted by Gasteiger charge is 2.89. The zero-order valence-corrected chi connectivity index (χ0v) is 24.5. The molecule has 0 bridgehead atoms. The van der Waals surface area contributed by atoms with Gasteiger partial charge in [-0.1, -0.05) is 45.8 Å². The molecule has 0 spiro atoms. The number of ether oxygens (including phenoxy) is 3. The predicted octanol–water partition coefficient (Wildman–Crippen LogP) is 7.39. The average Bonchev–Trinajstić information content (AvgIpc) is 2.92. The quantitative estimate of drug-likeness (QED) is 0.0524. The molecule has 45 heavy (non-hydrogen) atoms. The van der Waals surface area contributed by atoms with Crippen LogP contribution in [0, 0.1) is 5.92 Å². The molecule has 264 valence electrons. The van der Waals surface area contributed by atoms with Crippen molar-refractivity contribution >= 4 is 11.9 Å². The Labute approximate surface area is 251 Å². The van der Waals surface area contributed by atoms with Gasteiger partial charge in [-0.25, -0.2) is 9.59 Å². The highest BCUT2D eigenvalue weighted by atomic mass is 19.4. The standard InChI is InChI=1S/C27H36F12O6/c1-5-6-7-8-9-11-22(28,29)24(32,33)26(36,37)27(38,39)25(34,35)23(30,31)16-43-13-19(14-44-20(41)17(2)3)15-45-21(42)18(4)10-12-40/h19,40H,2,4-16H2,1,3H3. The first-order valence-electron chi connectivity index (χ1n) is 13.5. The summed E-state index contributed by atoms with van der Waals surface area (Å²) in [5, 5.41) is 8.80. The highest BCUT2D eigenvalue weighted by molar-refractivity contribution is 5.87. The molecule has 6 nitrogen and oxygen atoms in total. The molecule has 0 amide bonds. The number of hydrogen-bond donors (Lipinski definition) is 1. The Bertz CT molecular complexity index is 1000. The van der Waals surface area contributed by atoms with Crippen molar-refractivity contribution < 1.29 is 81.6 Å². The number of alkyl halides is 12. The molecule has 0 aromatic rings. The second kappa shape index (κ2) is 16.9. The summed E-state index contributed by atoms with van der Waals surface area (Å²) in [6.07, 6.45) is -2.29. The third-order valence-electron chi connectivity index (χ3n) is 6.28. The van der Waals surface area contributed by atoms with Gasteiger partial charge in [0, 0.05) is 30.6 Å². The summed E-state index contributed by atoms with van der Waals surface area (Å²) in [4.78, 5) is 23.4. The van der Waals surface area contributed by atoms with Crippen LogP contribution in [0.4, 0.5) is 52.7 Å². The van der Waals surface area contributed by atoms with E-state index in [1.165, 1.54) is 6.92 Å². The molecule has 0 aromatic carbocycles. The van der Waals surface area contributed by atoms with Crippen molar-refractivity contribution in [2.45, 2.75) is 94.3 Å². The van der Waals surface area contributed by atoms with Gasteiger partial charge >= 0.3 is 47.5 Å². The fraction of sp³-hybridized carbons (Fsp3) is 0.778. The first-order chi connectivity index (χ1) is 20.4. The zero-order valence-electron chi connectivity index (χ0n) is 24.5. The second-order valence-electron chi connectivity index (χ2n) is 10.3. The zero-order chi connectivity index (χ0) is 35.5. The molecular formula is C27H36F12O6. The largest absolute Gasteiger partial charge is 0.462 e. The summed E-state index contributed by atoms with van der Waals surface area (Å²) in [5.74, 6) is -46.0. The molecule has 0 rings (SSSR count). The summed E-state index contributed by atoms with van der Waals surface area (Å²) in [6, 6.07) is 0. The minimum Gasteiger partial charge on any atom is -0.462 e. The number of esters is 2. The van der Waals surface area contributed by atoms with Gasteiger partial charge in [0.2, 0.25) is 0 Å². The maximum absolute atomic E-state index is 14.3. The van der Waals surface area contributed by atoms with Crippen LogP contribution in [0.15, 0.2) is 24.3 Å². The van der Waals surface area contributed by atoms with E-state index in [2.05, 4.69) is 22.6 Å². The molecule has 1 atom stereocenters. The van der Waals surface area contributed by atoms with Gasteiger partial charge in [-0.3, -0.25) is 0 Å². The van der Waals surface area contributed by atoms with E-state index in [-0.39, 0.29) is 30.4 Å². The minimum atomic E-state index is -7.74. The van der Waals surface area contributed by atoms with Gasteiger partial charge < -0.3 is 19.3 Å². The van der Waals surface area contributed by atoms with Crippen LogP contribution < -0.4 is 0 Å². The molecule has 0 radical (unpaired) electrons. The van der Waals surface area contributed by atoms with Crippen molar-refractivity contribution in [3.05, 3.63) is 24.3 Å². The lowest BCUT2D eigenvalue weighted by atomic mass is 9.89. The monoisotopic (exact) mass is 684 g/mol. The normalized spacial score (nSPS) is 14.2. The molecule has 0 saturated carbocycles. The number of rotatable bonds is 23. The summed E-state index contributed by atoms with van der Waals surface area (Å²) in [5.41, 5.74) is -0.472. The van der Waals surface area contributed by atoms with Gasteiger partial charge in [0.25, 0.3) is 0 Å². The summed E-state index contributed by atoms with van der Waals surface area (Å²) >= 11 is 0. The molecular weight excluding hydrogens is 648 g/mol. The fourth-order valence-corrected chi connectivity index (χ4v) is 3.40. The van der Waals surface area contributed by atoms with E-state index >= 15 is 0 Å². The third-order valence-corrected chi connectivity index (χ3v) is 6.28. The fourth-order valence-electron chi connectivity index (χ4n) is 3.40. The number of carbonyl (C=O) groups excluding carboxylic acids is 2. The Kier molecular flexibility index (Phi) is 15.9. The molecule has 0 aliphatic carbocycles. The molecule has 18 heteroatoms. The average molecular weight is 685 g/mol. The van der Waals surface area contributed by atoms with E-state index in [0.29, 0.717) is 12.8 Å². The lowest BCUT2D eigenvalue weighted by molar-refractivity contribution is -0.427. The number of carbonyl (C=O) groups is 2. The Hall–Kier alpha value is -2.50. The molecule has 0 heterocycles. The van der Waals surface area contributed by atoms with Crippen LogP contribution in [0.5, 0.6) is 0 Å². The summed E-state index contributed by atoms with van der Waals surface area (Å²) in [6.45, 7) is 3.00. The summed E-state index contributed by atoms with van der Waals surface area (Å²) in [7, 11) is 0. The summed E-state index contributed by atoms with van der Waals surface area (Å²) < 4.78 is 184. The molecule has 0 aliphatic rings. The van der Waals surface area contributed by atoms with Crippen LogP contribution >= 0.6 is 0 Å². The van der Waals surface area contributed by atoms with E-state index < -0.39 is 99.3 Å². The van der Waals surface area contributed by atoms with Crippen molar-refractivity contribution in [3.8, 4) is 0 Å². The van der Waals surface area contributed by atoms with Crippen LogP contribution in [-0.2, 0) is 23.8 Å². The van der Waals surface area contributed by atoms with Crippen molar-refractivity contribution in [3.63, 3.8) is 0 Å².